The monoisotopic (exact) mass is 383 g/mol. The van der Waals surface area contributed by atoms with Crippen molar-refractivity contribution in [2.24, 2.45) is 0 Å². The van der Waals surface area contributed by atoms with Gasteiger partial charge in [0.15, 0.2) is 18.0 Å². The summed E-state index contributed by atoms with van der Waals surface area (Å²) in [5.74, 6) is 2.31. The molecule has 0 radical (unpaired) electrons. The maximum Gasteiger partial charge on any atom is 0.279 e. The van der Waals surface area contributed by atoms with Crippen LogP contribution in [-0.2, 0) is 4.79 Å². The molecule has 0 bridgehead atoms. The second-order valence-electron chi connectivity index (χ2n) is 7.28. The maximum absolute atomic E-state index is 12.7. The Morgan fingerprint density at radius 2 is 1.96 bits per heavy atom. The van der Waals surface area contributed by atoms with E-state index in [1.807, 2.05) is 30.3 Å². The van der Waals surface area contributed by atoms with Gasteiger partial charge in [-0.2, -0.15) is 0 Å². The number of anilines is 1. The third-order valence-electron chi connectivity index (χ3n) is 5.43. The van der Waals surface area contributed by atoms with Gasteiger partial charge in [0.1, 0.15) is 11.8 Å². The largest absolute Gasteiger partial charge is 0.495 e. The molecule has 1 saturated heterocycles. The van der Waals surface area contributed by atoms with Crippen molar-refractivity contribution in [2.45, 2.75) is 25.3 Å². The number of carbonyl (C=O) groups excluding carboxylic acids is 1. The molecule has 6 heteroatoms. The summed E-state index contributed by atoms with van der Waals surface area (Å²) in [5, 5.41) is 2.99. The Morgan fingerprint density at radius 3 is 2.82 bits per heavy atom. The quantitative estimate of drug-likeness (QED) is 0.831. The molecule has 0 spiro atoms. The first-order valence-electron chi connectivity index (χ1n) is 9.91. The number of amides is 1. The smallest absolute Gasteiger partial charge is 0.279 e. The molecule has 4 rings (SSSR count). The Labute approximate surface area is 165 Å². The first-order valence-corrected chi connectivity index (χ1v) is 9.91. The molecule has 0 saturated carbocycles. The number of ether oxygens (including phenoxy) is 3. The molecular weight excluding hydrogens is 356 g/mol. The van der Waals surface area contributed by atoms with Gasteiger partial charge in [0.2, 0.25) is 0 Å². The van der Waals surface area contributed by atoms with Crippen molar-refractivity contribution in [3.8, 4) is 17.2 Å². The van der Waals surface area contributed by atoms with E-state index in [1.54, 1.807) is 7.11 Å². The third kappa shape index (κ3) is 4.07. The molecule has 2 aromatic rings. The van der Waals surface area contributed by atoms with E-state index in [0.717, 1.165) is 37.3 Å². The Bertz CT molecular complexity index is 839. The predicted octanol–water partition coefficient (Wildman–Crippen LogP) is 2.21. The van der Waals surface area contributed by atoms with Crippen LogP contribution in [0.2, 0.25) is 0 Å². The highest BCUT2D eigenvalue weighted by Crippen LogP contribution is 2.33. The zero-order valence-electron chi connectivity index (χ0n) is 16.2. The van der Waals surface area contributed by atoms with E-state index in [9.17, 15) is 4.79 Å². The summed E-state index contributed by atoms with van der Waals surface area (Å²) in [6, 6.07) is 14.0. The van der Waals surface area contributed by atoms with Crippen molar-refractivity contribution < 1.29 is 23.9 Å². The van der Waals surface area contributed by atoms with E-state index in [1.165, 1.54) is 10.5 Å². The van der Waals surface area contributed by atoms with Crippen molar-refractivity contribution in [1.82, 2.24) is 0 Å². The maximum atomic E-state index is 12.7. The van der Waals surface area contributed by atoms with E-state index < -0.39 is 0 Å². The minimum Gasteiger partial charge on any atom is -0.495 e. The van der Waals surface area contributed by atoms with Gasteiger partial charge in [-0.3, -0.25) is 4.79 Å². The molecule has 6 nitrogen and oxygen atoms in total. The lowest BCUT2D eigenvalue weighted by Gasteiger charge is -2.22. The zero-order chi connectivity index (χ0) is 19.3. The van der Waals surface area contributed by atoms with Crippen LogP contribution in [0.3, 0.4) is 0 Å². The van der Waals surface area contributed by atoms with Crippen molar-refractivity contribution in [2.75, 3.05) is 38.7 Å². The molecule has 2 N–H and O–H groups in total. The van der Waals surface area contributed by atoms with Crippen LogP contribution in [0, 0.1) is 0 Å². The Morgan fingerprint density at radius 1 is 1.14 bits per heavy atom. The molecule has 2 aliphatic heterocycles. The molecule has 28 heavy (non-hydrogen) atoms. The molecule has 2 aliphatic rings. The van der Waals surface area contributed by atoms with Crippen LogP contribution in [0.1, 0.15) is 30.9 Å². The fourth-order valence-corrected chi connectivity index (χ4v) is 4.07. The van der Waals surface area contributed by atoms with Gasteiger partial charge < -0.3 is 24.4 Å². The van der Waals surface area contributed by atoms with E-state index in [-0.39, 0.29) is 5.91 Å². The highest BCUT2D eigenvalue weighted by molar-refractivity contribution is 5.92. The number of methoxy groups -OCH3 is 1. The van der Waals surface area contributed by atoms with Crippen LogP contribution in [0.25, 0.3) is 0 Å². The molecule has 148 valence electrons. The summed E-state index contributed by atoms with van der Waals surface area (Å²) in [7, 11) is 1.61. The second-order valence-corrected chi connectivity index (χ2v) is 7.28. The Balaban J connectivity index is 1.45. The Kier molecular flexibility index (Phi) is 5.67. The van der Waals surface area contributed by atoms with E-state index in [2.05, 4.69) is 17.4 Å². The minimum absolute atomic E-state index is 0.000688. The van der Waals surface area contributed by atoms with Gasteiger partial charge in [-0.15, -0.1) is 0 Å². The fraction of sp³-hybridized carbons (Fsp3) is 0.409. The minimum atomic E-state index is 0.000688. The highest BCUT2D eigenvalue weighted by atomic mass is 16.5. The zero-order valence-corrected chi connectivity index (χ0v) is 16.2. The lowest BCUT2D eigenvalue weighted by molar-refractivity contribution is -0.910. The van der Waals surface area contributed by atoms with E-state index in [0.29, 0.717) is 37.2 Å². The first-order chi connectivity index (χ1) is 13.7. The number of likely N-dealkylation sites (tertiary alicyclic amines) is 1. The SMILES string of the molecule is COc1ccccc1NC(=O)C[NH+]1CCC[C@@H]1c1ccc2c(c1)OCCCO2. The second kappa shape index (κ2) is 8.52. The molecule has 1 unspecified atom stereocenters. The van der Waals surface area contributed by atoms with Gasteiger partial charge in [-0.05, 0) is 30.3 Å². The standard InChI is InChI=1S/C22H26N2O4/c1-26-19-8-3-2-6-17(19)23-22(25)15-24-11-4-7-18(24)16-9-10-20-21(14-16)28-13-5-12-27-20/h2-3,6,8-10,14,18H,4-5,7,11-13,15H2,1H3,(H,23,25)/p+1/t18-/m1/s1. The Hall–Kier alpha value is -2.73. The topological polar surface area (TPSA) is 61.2 Å². The molecule has 1 fully saturated rings. The number of carbonyl (C=O) groups is 1. The van der Waals surface area contributed by atoms with Crippen LogP contribution in [0.5, 0.6) is 17.2 Å². The highest BCUT2D eigenvalue weighted by Gasteiger charge is 2.32. The van der Waals surface area contributed by atoms with Crippen LogP contribution in [0.4, 0.5) is 5.69 Å². The van der Waals surface area contributed by atoms with Gasteiger partial charge >= 0.3 is 0 Å². The summed E-state index contributed by atoms with van der Waals surface area (Å²) < 4.78 is 16.9. The lowest BCUT2D eigenvalue weighted by atomic mass is 10.0. The predicted molar refractivity (Wildman–Crippen MR) is 106 cm³/mol. The van der Waals surface area contributed by atoms with E-state index >= 15 is 0 Å². The van der Waals surface area contributed by atoms with Crippen molar-refractivity contribution in [1.29, 1.82) is 0 Å². The van der Waals surface area contributed by atoms with Gasteiger partial charge in [-0.25, -0.2) is 0 Å². The molecule has 2 heterocycles. The molecular formula is C22H27N2O4+. The van der Waals surface area contributed by atoms with E-state index in [4.69, 9.17) is 14.2 Å². The van der Waals surface area contributed by atoms with Crippen molar-refractivity contribution in [3.05, 3.63) is 48.0 Å². The third-order valence-corrected chi connectivity index (χ3v) is 5.43. The summed E-state index contributed by atoms with van der Waals surface area (Å²) in [4.78, 5) is 13.9. The number of quaternary nitrogens is 1. The normalized spacial score (nSPS) is 21.0. The number of hydrogen-bond acceptors (Lipinski definition) is 4. The molecule has 0 aliphatic carbocycles. The number of fused-ring (bicyclic) bond motifs is 1. The number of para-hydroxylation sites is 2. The first kappa shape index (κ1) is 18.6. The van der Waals surface area contributed by atoms with Crippen molar-refractivity contribution in [3.63, 3.8) is 0 Å². The average Bonchev–Trinajstić information content (AvgIpc) is 3.03. The summed E-state index contributed by atoms with van der Waals surface area (Å²) in [5.41, 5.74) is 1.92. The summed E-state index contributed by atoms with van der Waals surface area (Å²) in [6.07, 6.45) is 3.07. The molecule has 1 amide bonds. The lowest BCUT2D eigenvalue weighted by Crippen LogP contribution is -3.11. The summed E-state index contributed by atoms with van der Waals surface area (Å²) >= 11 is 0. The van der Waals surface area contributed by atoms with Crippen LogP contribution >= 0.6 is 0 Å². The van der Waals surface area contributed by atoms with Crippen molar-refractivity contribution >= 4 is 11.6 Å². The summed E-state index contributed by atoms with van der Waals surface area (Å²) in [6.45, 7) is 2.78. The number of nitrogens with one attached hydrogen (secondary N) is 2. The van der Waals surface area contributed by atoms with Gasteiger partial charge in [0, 0.05) is 24.8 Å². The van der Waals surface area contributed by atoms with Gasteiger partial charge in [0.25, 0.3) is 5.91 Å². The molecule has 0 aromatic heterocycles. The van der Waals surface area contributed by atoms with Gasteiger partial charge in [-0.1, -0.05) is 12.1 Å². The fourth-order valence-electron chi connectivity index (χ4n) is 4.07. The number of rotatable bonds is 5. The van der Waals surface area contributed by atoms with Crippen LogP contribution < -0.4 is 24.4 Å². The van der Waals surface area contributed by atoms with Crippen LogP contribution in [-0.4, -0.2) is 39.3 Å². The average molecular weight is 383 g/mol. The number of hydrogen-bond donors (Lipinski definition) is 2. The molecule has 2 atom stereocenters. The van der Waals surface area contributed by atoms with Gasteiger partial charge in [0.05, 0.1) is 32.6 Å². The van der Waals surface area contributed by atoms with Crippen LogP contribution in [0.15, 0.2) is 42.5 Å². The molecule has 2 aromatic carbocycles. The number of benzene rings is 2.